The summed E-state index contributed by atoms with van der Waals surface area (Å²) < 4.78 is 11.9. The van der Waals surface area contributed by atoms with Crippen LogP contribution in [0, 0.1) is 5.92 Å². The summed E-state index contributed by atoms with van der Waals surface area (Å²) in [7, 11) is 0. The Morgan fingerprint density at radius 3 is 2.95 bits per heavy atom. The maximum Gasteiger partial charge on any atom is 0.134 e. The lowest BCUT2D eigenvalue weighted by Crippen LogP contribution is -2.32. The quantitative estimate of drug-likeness (QED) is 0.880. The van der Waals surface area contributed by atoms with E-state index in [1.54, 1.807) is 0 Å². The van der Waals surface area contributed by atoms with Gasteiger partial charge in [0.15, 0.2) is 0 Å². The summed E-state index contributed by atoms with van der Waals surface area (Å²) in [4.78, 5) is 0. The zero-order chi connectivity index (χ0) is 14.8. The number of nitrogens with one attached hydrogen (secondary N) is 1. The normalized spacial score (nSPS) is 23.8. The first-order valence-corrected chi connectivity index (χ1v) is 8.14. The third-order valence-electron chi connectivity index (χ3n) is 4.32. The second-order valence-corrected chi connectivity index (χ2v) is 6.07. The van der Waals surface area contributed by atoms with Gasteiger partial charge in [-0.1, -0.05) is 25.4 Å². The van der Waals surface area contributed by atoms with Crippen LogP contribution < -0.4 is 5.32 Å². The first-order chi connectivity index (χ1) is 10.2. The van der Waals surface area contributed by atoms with Gasteiger partial charge in [-0.3, -0.25) is 0 Å². The molecule has 3 atom stereocenters. The van der Waals surface area contributed by atoms with Crippen LogP contribution in [0.1, 0.15) is 38.5 Å². The average Bonchev–Trinajstić information content (AvgIpc) is 3.10. The molecule has 0 aliphatic carbocycles. The number of hydrogen-bond donors (Lipinski definition) is 1. The van der Waals surface area contributed by atoms with Crippen LogP contribution >= 0.6 is 11.6 Å². The molecule has 4 heteroatoms. The van der Waals surface area contributed by atoms with Gasteiger partial charge in [0.2, 0.25) is 0 Å². The summed E-state index contributed by atoms with van der Waals surface area (Å²) in [6.07, 6.45) is 2.43. The van der Waals surface area contributed by atoms with E-state index < -0.39 is 0 Å². The van der Waals surface area contributed by atoms with Gasteiger partial charge >= 0.3 is 0 Å². The molecular weight excluding hydrogens is 286 g/mol. The predicted molar refractivity (Wildman–Crippen MR) is 85.8 cm³/mol. The van der Waals surface area contributed by atoms with Crippen molar-refractivity contribution in [2.24, 2.45) is 5.92 Å². The number of furan rings is 1. The van der Waals surface area contributed by atoms with Gasteiger partial charge in [-0.05, 0) is 43.7 Å². The Morgan fingerprint density at radius 1 is 1.33 bits per heavy atom. The van der Waals surface area contributed by atoms with Gasteiger partial charge in [0.1, 0.15) is 11.3 Å². The fraction of sp³-hybridized carbons (Fsp3) is 0.529. The second kappa shape index (κ2) is 6.39. The van der Waals surface area contributed by atoms with E-state index in [0.717, 1.165) is 47.7 Å². The molecule has 1 aliphatic rings. The molecular formula is C17H22ClNO2. The molecule has 0 spiro atoms. The summed E-state index contributed by atoms with van der Waals surface area (Å²) in [5.74, 6) is 1.45. The van der Waals surface area contributed by atoms with Crippen molar-refractivity contribution in [2.45, 2.75) is 38.8 Å². The maximum absolute atomic E-state index is 6.07. The van der Waals surface area contributed by atoms with E-state index in [4.69, 9.17) is 20.8 Å². The standard InChI is InChI=1S/C17H22ClNO2/c1-3-14-13(7-8-20-14)17(19-4-2)16-10-11-9-12(18)5-6-15(11)21-16/h5-6,9-10,13-14,17,19H,3-4,7-8H2,1-2H3. The van der Waals surface area contributed by atoms with E-state index in [1.165, 1.54) is 0 Å². The van der Waals surface area contributed by atoms with E-state index >= 15 is 0 Å². The Bertz CT molecular complexity index is 610. The Kier molecular flexibility index (Phi) is 4.53. The molecule has 21 heavy (non-hydrogen) atoms. The SMILES string of the molecule is CCNC(c1cc2cc(Cl)ccc2o1)C1CCOC1CC. The van der Waals surface area contributed by atoms with E-state index in [0.29, 0.717) is 12.0 Å². The lowest BCUT2D eigenvalue weighted by molar-refractivity contribution is 0.0752. The van der Waals surface area contributed by atoms with Crippen LogP contribution in [-0.4, -0.2) is 19.3 Å². The number of ether oxygens (including phenoxy) is 1. The van der Waals surface area contributed by atoms with Crippen LogP contribution in [-0.2, 0) is 4.74 Å². The van der Waals surface area contributed by atoms with Crippen molar-refractivity contribution in [1.82, 2.24) is 5.32 Å². The molecule has 1 N–H and O–H groups in total. The van der Waals surface area contributed by atoms with Crippen molar-refractivity contribution in [3.63, 3.8) is 0 Å². The van der Waals surface area contributed by atoms with Gasteiger partial charge in [-0.25, -0.2) is 0 Å². The van der Waals surface area contributed by atoms with Crippen LogP contribution in [0.5, 0.6) is 0 Å². The van der Waals surface area contributed by atoms with Crippen LogP contribution in [0.2, 0.25) is 5.02 Å². The van der Waals surface area contributed by atoms with Crippen molar-refractivity contribution >= 4 is 22.6 Å². The molecule has 1 aromatic heterocycles. The third kappa shape index (κ3) is 2.96. The van der Waals surface area contributed by atoms with Crippen molar-refractivity contribution in [1.29, 1.82) is 0 Å². The first-order valence-electron chi connectivity index (χ1n) is 7.77. The fourth-order valence-corrected chi connectivity index (χ4v) is 3.52. The highest BCUT2D eigenvalue weighted by molar-refractivity contribution is 6.31. The van der Waals surface area contributed by atoms with Gasteiger partial charge in [0, 0.05) is 22.9 Å². The molecule has 2 heterocycles. The number of halogens is 1. The Labute approximate surface area is 130 Å². The molecule has 0 amide bonds. The minimum Gasteiger partial charge on any atom is -0.459 e. The monoisotopic (exact) mass is 307 g/mol. The minimum atomic E-state index is 0.202. The molecule has 3 rings (SSSR count). The van der Waals surface area contributed by atoms with Crippen LogP contribution in [0.25, 0.3) is 11.0 Å². The lowest BCUT2D eigenvalue weighted by Gasteiger charge is -2.26. The summed E-state index contributed by atoms with van der Waals surface area (Å²) >= 11 is 6.06. The van der Waals surface area contributed by atoms with Gasteiger partial charge < -0.3 is 14.5 Å². The van der Waals surface area contributed by atoms with Crippen molar-refractivity contribution < 1.29 is 9.15 Å². The van der Waals surface area contributed by atoms with Gasteiger partial charge in [-0.15, -0.1) is 0 Å². The van der Waals surface area contributed by atoms with Crippen LogP contribution in [0.3, 0.4) is 0 Å². The molecule has 1 aromatic carbocycles. The van der Waals surface area contributed by atoms with E-state index in [-0.39, 0.29) is 6.04 Å². The summed E-state index contributed by atoms with van der Waals surface area (Å²) in [6, 6.07) is 8.07. The highest BCUT2D eigenvalue weighted by Crippen LogP contribution is 2.37. The highest BCUT2D eigenvalue weighted by Gasteiger charge is 2.35. The molecule has 3 nitrogen and oxygen atoms in total. The average molecular weight is 308 g/mol. The first kappa shape index (κ1) is 14.9. The summed E-state index contributed by atoms with van der Waals surface area (Å²) in [5.41, 5.74) is 0.893. The van der Waals surface area contributed by atoms with Crippen molar-refractivity contribution in [2.75, 3.05) is 13.2 Å². The predicted octanol–water partition coefficient (Wildman–Crippen LogP) is 4.55. The van der Waals surface area contributed by atoms with Crippen LogP contribution in [0.15, 0.2) is 28.7 Å². The summed E-state index contributed by atoms with van der Waals surface area (Å²) in [5, 5.41) is 5.38. The maximum atomic E-state index is 6.07. The number of fused-ring (bicyclic) bond motifs is 1. The fourth-order valence-electron chi connectivity index (χ4n) is 3.34. The van der Waals surface area contributed by atoms with E-state index in [2.05, 4.69) is 25.2 Å². The Hall–Kier alpha value is -1.03. The molecule has 0 saturated carbocycles. The lowest BCUT2D eigenvalue weighted by atomic mass is 9.89. The summed E-state index contributed by atoms with van der Waals surface area (Å²) in [6.45, 7) is 6.07. The number of hydrogen-bond acceptors (Lipinski definition) is 3. The topological polar surface area (TPSA) is 34.4 Å². The largest absolute Gasteiger partial charge is 0.459 e. The van der Waals surface area contributed by atoms with Crippen molar-refractivity contribution in [3.8, 4) is 0 Å². The molecule has 2 aromatic rings. The van der Waals surface area contributed by atoms with E-state index in [1.807, 2.05) is 18.2 Å². The Balaban J connectivity index is 1.94. The molecule has 1 fully saturated rings. The smallest absolute Gasteiger partial charge is 0.134 e. The second-order valence-electron chi connectivity index (χ2n) is 5.64. The zero-order valence-electron chi connectivity index (χ0n) is 12.6. The molecule has 114 valence electrons. The van der Waals surface area contributed by atoms with Gasteiger partial charge in [0.05, 0.1) is 12.1 Å². The van der Waals surface area contributed by atoms with Crippen molar-refractivity contribution in [3.05, 3.63) is 35.0 Å². The molecule has 0 radical (unpaired) electrons. The number of rotatable bonds is 5. The van der Waals surface area contributed by atoms with Gasteiger partial charge in [0.25, 0.3) is 0 Å². The molecule has 1 saturated heterocycles. The van der Waals surface area contributed by atoms with Crippen LogP contribution in [0.4, 0.5) is 0 Å². The molecule has 1 aliphatic heterocycles. The highest BCUT2D eigenvalue weighted by atomic mass is 35.5. The van der Waals surface area contributed by atoms with E-state index in [9.17, 15) is 0 Å². The third-order valence-corrected chi connectivity index (χ3v) is 4.55. The van der Waals surface area contributed by atoms with Gasteiger partial charge in [-0.2, -0.15) is 0 Å². The molecule has 0 bridgehead atoms. The minimum absolute atomic E-state index is 0.202. The number of benzene rings is 1. The Morgan fingerprint density at radius 2 is 2.19 bits per heavy atom. The zero-order valence-corrected chi connectivity index (χ0v) is 13.3. The molecule has 3 unspecified atom stereocenters.